The van der Waals surface area contributed by atoms with Gasteiger partial charge in [0.05, 0.1) is 17.9 Å². The van der Waals surface area contributed by atoms with Crippen LogP contribution in [0, 0.1) is 13.8 Å². The molecule has 0 unspecified atom stereocenters. The maximum Gasteiger partial charge on any atom is 0.246 e. The Bertz CT molecular complexity index is 810. The zero-order valence-electron chi connectivity index (χ0n) is 14.2. The van der Waals surface area contributed by atoms with Gasteiger partial charge in [0, 0.05) is 18.5 Å². The van der Waals surface area contributed by atoms with Gasteiger partial charge >= 0.3 is 0 Å². The minimum atomic E-state index is -3.59. The predicted octanol–water partition coefficient (Wildman–Crippen LogP) is 1.52. The first-order valence-corrected chi connectivity index (χ1v) is 9.88. The van der Waals surface area contributed by atoms with E-state index >= 15 is 0 Å². The van der Waals surface area contributed by atoms with Crippen LogP contribution in [-0.4, -0.2) is 42.0 Å². The van der Waals surface area contributed by atoms with E-state index in [4.69, 9.17) is 0 Å². The number of hydrogen-bond acceptors (Lipinski definition) is 5. The summed E-state index contributed by atoms with van der Waals surface area (Å²) in [6.45, 7) is 5.90. The molecular weight excluding hydrogens is 348 g/mol. The van der Waals surface area contributed by atoms with Crippen molar-refractivity contribution in [1.29, 1.82) is 0 Å². The summed E-state index contributed by atoms with van der Waals surface area (Å²) in [4.78, 5) is 13.3. The van der Waals surface area contributed by atoms with Crippen LogP contribution >= 0.6 is 11.3 Å². The summed E-state index contributed by atoms with van der Waals surface area (Å²) >= 11 is 1.57. The minimum Gasteiger partial charge on any atom is -0.350 e. The summed E-state index contributed by atoms with van der Waals surface area (Å²) in [7, 11) is -2.07. The lowest BCUT2D eigenvalue weighted by Gasteiger charge is -2.15. The van der Waals surface area contributed by atoms with Gasteiger partial charge in [0.1, 0.15) is 11.4 Å². The van der Waals surface area contributed by atoms with Crippen LogP contribution in [0.3, 0.4) is 0 Å². The molecule has 9 heteroatoms. The van der Waals surface area contributed by atoms with Gasteiger partial charge < -0.3 is 5.32 Å². The third kappa shape index (κ3) is 3.85. The summed E-state index contributed by atoms with van der Waals surface area (Å²) in [5.74, 6) is -0.207. The zero-order chi connectivity index (χ0) is 17.9. The summed E-state index contributed by atoms with van der Waals surface area (Å²) in [5, 5.41) is 8.99. The quantitative estimate of drug-likeness (QED) is 0.801. The molecule has 0 saturated carbocycles. The molecule has 2 aromatic heterocycles. The van der Waals surface area contributed by atoms with Crippen molar-refractivity contribution in [2.45, 2.75) is 38.8 Å². The van der Waals surface area contributed by atoms with E-state index in [0.29, 0.717) is 24.5 Å². The fourth-order valence-corrected chi connectivity index (χ4v) is 4.51. The molecule has 0 fully saturated rings. The van der Waals surface area contributed by atoms with Gasteiger partial charge in [-0.3, -0.25) is 9.48 Å². The van der Waals surface area contributed by atoms with Crippen LogP contribution in [0.5, 0.6) is 0 Å². The average Bonchev–Trinajstić information content (AvgIpc) is 3.13. The van der Waals surface area contributed by atoms with Crippen LogP contribution in [0.4, 0.5) is 0 Å². The number of rotatable bonds is 7. The van der Waals surface area contributed by atoms with E-state index in [9.17, 15) is 13.2 Å². The van der Waals surface area contributed by atoms with Crippen molar-refractivity contribution in [2.75, 3.05) is 13.6 Å². The number of thiophene rings is 1. The van der Waals surface area contributed by atoms with Crippen molar-refractivity contribution in [3.63, 3.8) is 0 Å². The second-order valence-electron chi connectivity index (χ2n) is 5.43. The first kappa shape index (κ1) is 18.6. The fraction of sp³-hybridized carbons (Fsp3) is 0.467. The Morgan fingerprint density at radius 3 is 2.71 bits per heavy atom. The molecule has 0 radical (unpaired) electrons. The monoisotopic (exact) mass is 370 g/mol. The lowest BCUT2D eigenvalue weighted by atomic mass is 10.4. The molecule has 7 nitrogen and oxygen atoms in total. The van der Waals surface area contributed by atoms with E-state index in [1.165, 1.54) is 16.0 Å². The number of carbonyl (C=O) groups is 1. The smallest absolute Gasteiger partial charge is 0.246 e. The molecule has 0 aliphatic heterocycles. The van der Waals surface area contributed by atoms with Crippen molar-refractivity contribution in [1.82, 2.24) is 19.4 Å². The second kappa shape index (κ2) is 7.45. The van der Waals surface area contributed by atoms with Crippen LogP contribution < -0.4 is 5.32 Å². The number of aryl methyl sites for hydroxylation is 1. The lowest BCUT2D eigenvalue weighted by molar-refractivity contribution is -0.122. The van der Waals surface area contributed by atoms with Gasteiger partial charge in [-0.1, -0.05) is 13.0 Å². The molecular formula is C15H22N4O3S2. The Balaban J connectivity index is 2.15. The first-order valence-electron chi connectivity index (χ1n) is 7.56. The number of sulfonamides is 1. The molecule has 0 atom stereocenters. The summed E-state index contributed by atoms with van der Waals surface area (Å²) in [6, 6.07) is 3.87. The van der Waals surface area contributed by atoms with Gasteiger partial charge in [-0.2, -0.15) is 5.10 Å². The van der Waals surface area contributed by atoms with E-state index in [2.05, 4.69) is 10.4 Å². The third-order valence-corrected chi connectivity index (χ3v) is 6.82. The number of carbonyl (C=O) groups excluding carboxylic acids is 1. The van der Waals surface area contributed by atoms with Gasteiger partial charge in [0.2, 0.25) is 15.9 Å². The molecule has 2 rings (SSSR count). The van der Waals surface area contributed by atoms with Crippen LogP contribution in [0.25, 0.3) is 0 Å². The molecule has 0 saturated heterocycles. The molecule has 1 amide bonds. The fourth-order valence-electron chi connectivity index (χ4n) is 2.32. The second-order valence-corrected chi connectivity index (χ2v) is 8.45. The summed E-state index contributed by atoms with van der Waals surface area (Å²) in [6.07, 6.45) is 0. The van der Waals surface area contributed by atoms with Crippen LogP contribution in [0.1, 0.15) is 23.2 Å². The standard InChI is InChI=1S/C15H22N4O3S2/c1-5-18(4)24(21,22)15-11(2)17-19(12(15)3)10-14(20)16-9-13-7-6-8-23-13/h6-8H,5,9-10H2,1-4H3,(H,16,20). The van der Waals surface area contributed by atoms with Crippen molar-refractivity contribution < 1.29 is 13.2 Å². The van der Waals surface area contributed by atoms with Crippen molar-refractivity contribution in [3.05, 3.63) is 33.8 Å². The average molecular weight is 371 g/mol. The molecule has 0 bridgehead atoms. The number of nitrogens with one attached hydrogen (secondary N) is 1. The Morgan fingerprint density at radius 1 is 1.42 bits per heavy atom. The largest absolute Gasteiger partial charge is 0.350 e. The Kier molecular flexibility index (Phi) is 5.79. The zero-order valence-corrected chi connectivity index (χ0v) is 15.9. The van der Waals surface area contributed by atoms with Crippen molar-refractivity contribution in [2.24, 2.45) is 0 Å². The molecule has 0 aliphatic rings. The number of aromatic nitrogens is 2. The van der Waals surface area contributed by atoms with E-state index in [-0.39, 0.29) is 17.3 Å². The molecule has 0 aliphatic carbocycles. The maximum atomic E-state index is 12.6. The predicted molar refractivity (Wildman–Crippen MR) is 93.4 cm³/mol. The van der Waals surface area contributed by atoms with Crippen LogP contribution in [0.15, 0.2) is 22.4 Å². The highest BCUT2D eigenvalue weighted by atomic mass is 32.2. The van der Waals surface area contributed by atoms with Gasteiger partial charge in [-0.05, 0) is 25.3 Å². The Hall–Kier alpha value is -1.71. The van der Waals surface area contributed by atoms with Gasteiger partial charge in [0.15, 0.2) is 0 Å². The van der Waals surface area contributed by atoms with Crippen molar-refractivity contribution >= 4 is 27.3 Å². The van der Waals surface area contributed by atoms with Gasteiger partial charge in [-0.25, -0.2) is 12.7 Å². The Labute approximate surface area is 146 Å². The first-order chi connectivity index (χ1) is 11.3. The molecule has 24 heavy (non-hydrogen) atoms. The maximum absolute atomic E-state index is 12.6. The van der Waals surface area contributed by atoms with E-state index in [1.807, 2.05) is 17.5 Å². The van der Waals surface area contributed by atoms with E-state index in [0.717, 1.165) is 4.88 Å². The molecule has 1 N–H and O–H groups in total. The SMILES string of the molecule is CCN(C)S(=O)(=O)c1c(C)nn(CC(=O)NCc2cccs2)c1C. The van der Waals surface area contributed by atoms with Crippen molar-refractivity contribution in [3.8, 4) is 0 Å². The molecule has 0 spiro atoms. The van der Waals surface area contributed by atoms with Crippen LogP contribution in [-0.2, 0) is 27.9 Å². The van der Waals surface area contributed by atoms with Crippen LogP contribution in [0.2, 0.25) is 0 Å². The highest BCUT2D eigenvalue weighted by Gasteiger charge is 2.28. The van der Waals surface area contributed by atoms with E-state index in [1.54, 1.807) is 32.1 Å². The number of hydrogen-bond donors (Lipinski definition) is 1. The highest BCUT2D eigenvalue weighted by Crippen LogP contribution is 2.22. The molecule has 132 valence electrons. The highest BCUT2D eigenvalue weighted by molar-refractivity contribution is 7.89. The third-order valence-electron chi connectivity index (χ3n) is 3.76. The van der Waals surface area contributed by atoms with E-state index < -0.39 is 10.0 Å². The summed E-state index contributed by atoms with van der Waals surface area (Å²) in [5.41, 5.74) is 0.873. The van der Waals surface area contributed by atoms with Gasteiger partial charge in [-0.15, -0.1) is 11.3 Å². The topological polar surface area (TPSA) is 84.3 Å². The molecule has 0 aromatic carbocycles. The number of nitrogens with zero attached hydrogens (tertiary/aromatic N) is 3. The Morgan fingerprint density at radius 2 is 2.12 bits per heavy atom. The molecule has 2 aromatic rings. The summed E-state index contributed by atoms with van der Waals surface area (Å²) < 4.78 is 27.8. The molecule has 2 heterocycles. The lowest BCUT2D eigenvalue weighted by Crippen LogP contribution is -2.29. The normalized spacial score (nSPS) is 11.9. The minimum absolute atomic E-state index is 0.0105. The van der Waals surface area contributed by atoms with Gasteiger partial charge in [0.25, 0.3) is 0 Å². The number of amides is 1.